The van der Waals surface area contributed by atoms with Crippen LogP contribution in [0.5, 0.6) is 5.75 Å². The van der Waals surface area contributed by atoms with E-state index in [4.69, 9.17) is 4.74 Å². The maximum absolute atomic E-state index is 11.3. The predicted octanol–water partition coefficient (Wildman–Crippen LogP) is 1.91. The zero-order chi connectivity index (χ0) is 13.0. The standard InChI is InChI=1S/C14H21NO2S/c1-11(18(2)16)9-15-10-12-7-8-17-14-6-4-3-5-13(12)14/h3-6,11-12,15H,7-10H2,1-2H3. The van der Waals surface area contributed by atoms with Gasteiger partial charge in [0.15, 0.2) is 0 Å². The van der Waals surface area contributed by atoms with E-state index >= 15 is 0 Å². The molecular formula is C14H21NO2S. The lowest BCUT2D eigenvalue weighted by Gasteiger charge is -2.26. The van der Waals surface area contributed by atoms with Gasteiger partial charge in [0, 0.05) is 41.3 Å². The lowest BCUT2D eigenvalue weighted by Crippen LogP contribution is -2.32. The largest absolute Gasteiger partial charge is 0.493 e. The van der Waals surface area contributed by atoms with Crippen molar-refractivity contribution in [2.75, 3.05) is 26.0 Å². The molecule has 4 heteroatoms. The first-order chi connectivity index (χ1) is 8.68. The highest BCUT2D eigenvalue weighted by Gasteiger charge is 2.20. The third-order valence-corrected chi connectivity index (χ3v) is 4.77. The zero-order valence-corrected chi connectivity index (χ0v) is 11.8. The first-order valence-electron chi connectivity index (χ1n) is 6.43. The van der Waals surface area contributed by atoms with Crippen LogP contribution in [0.25, 0.3) is 0 Å². The molecule has 100 valence electrons. The van der Waals surface area contributed by atoms with Crippen molar-refractivity contribution in [1.29, 1.82) is 0 Å². The van der Waals surface area contributed by atoms with Crippen LogP contribution >= 0.6 is 0 Å². The molecule has 0 bridgehead atoms. The summed E-state index contributed by atoms with van der Waals surface area (Å²) in [6.45, 7) is 4.55. The first-order valence-corrected chi connectivity index (χ1v) is 8.05. The summed E-state index contributed by atoms with van der Waals surface area (Å²) in [5.41, 5.74) is 1.29. The van der Waals surface area contributed by atoms with E-state index in [9.17, 15) is 4.21 Å². The molecule has 1 N–H and O–H groups in total. The molecule has 0 spiro atoms. The molecule has 3 atom stereocenters. The molecule has 2 rings (SSSR count). The number of para-hydroxylation sites is 1. The Morgan fingerprint density at radius 2 is 2.28 bits per heavy atom. The third-order valence-electron chi connectivity index (χ3n) is 3.47. The average molecular weight is 267 g/mol. The second-order valence-electron chi connectivity index (χ2n) is 4.84. The van der Waals surface area contributed by atoms with Crippen LogP contribution in [0.15, 0.2) is 24.3 Å². The highest BCUT2D eigenvalue weighted by atomic mass is 32.2. The Balaban J connectivity index is 1.90. The van der Waals surface area contributed by atoms with E-state index < -0.39 is 10.8 Å². The highest BCUT2D eigenvalue weighted by Crippen LogP contribution is 2.32. The molecule has 18 heavy (non-hydrogen) atoms. The summed E-state index contributed by atoms with van der Waals surface area (Å²) in [5.74, 6) is 1.52. The molecular weight excluding hydrogens is 246 g/mol. The number of nitrogens with one attached hydrogen (secondary N) is 1. The molecule has 1 aliphatic rings. The van der Waals surface area contributed by atoms with Crippen LogP contribution in [-0.2, 0) is 10.8 Å². The van der Waals surface area contributed by atoms with Crippen LogP contribution in [0.4, 0.5) is 0 Å². The number of benzene rings is 1. The van der Waals surface area contributed by atoms with Gasteiger partial charge in [0.05, 0.1) is 6.61 Å². The minimum Gasteiger partial charge on any atom is -0.493 e. The van der Waals surface area contributed by atoms with E-state index in [1.54, 1.807) is 6.26 Å². The van der Waals surface area contributed by atoms with E-state index in [0.29, 0.717) is 5.92 Å². The van der Waals surface area contributed by atoms with Gasteiger partial charge in [0.1, 0.15) is 5.75 Å². The number of hydrogen-bond donors (Lipinski definition) is 1. The van der Waals surface area contributed by atoms with Gasteiger partial charge in [-0.1, -0.05) is 18.2 Å². The normalized spacial score (nSPS) is 21.8. The van der Waals surface area contributed by atoms with Crippen LogP contribution < -0.4 is 10.1 Å². The first kappa shape index (κ1) is 13.6. The quantitative estimate of drug-likeness (QED) is 0.885. The van der Waals surface area contributed by atoms with Gasteiger partial charge in [0.25, 0.3) is 0 Å². The SMILES string of the molecule is CC(CNCC1CCOc2ccccc21)S(C)=O. The minimum atomic E-state index is -0.749. The maximum Gasteiger partial charge on any atom is 0.122 e. The molecule has 3 unspecified atom stereocenters. The van der Waals surface area contributed by atoms with E-state index in [0.717, 1.165) is 31.9 Å². The van der Waals surface area contributed by atoms with Crippen molar-refractivity contribution in [2.24, 2.45) is 0 Å². The smallest absolute Gasteiger partial charge is 0.122 e. The zero-order valence-electron chi connectivity index (χ0n) is 11.0. The van der Waals surface area contributed by atoms with Crippen molar-refractivity contribution in [3.8, 4) is 5.75 Å². The van der Waals surface area contributed by atoms with E-state index in [-0.39, 0.29) is 5.25 Å². The van der Waals surface area contributed by atoms with E-state index in [2.05, 4.69) is 17.4 Å². The molecule has 3 nitrogen and oxygen atoms in total. The Kier molecular flexibility index (Phi) is 4.78. The molecule has 1 heterocycles. The van der Waals surface area contributed by atoms with Crippen molar-refractivity contribution in [3.05, 3.63) is 29.8 Å². The fraction of sp³-hybridized carbons (Fsp3) is 0.571. The lowest BCUT2D eigenvalue weighted by molar-refractivity contribution is 0.265. The Morgan fingerprint density at radius 3 is 3.06 bits per heavy atom. The van der Waals surface area contributed by atoms with Crippen molar-refractivity contribution < 1.29 is 8.95 Å². The Morgan fingerprint density at radius 1 is 1.50 bits per heavy atom. The fourth-order valence-electron chi connectivity index (χ4n) is 2.21. The lowest BCUT2D eigenvalue weighted by atomic mass is 9.93. The predicted molar refractivity (Wildman–Crippen MR) is 75.7 cm³/mol. The van der Waals surface area contributed by atoms with Gasteiger partial charge in [-0.3, -0.25) is 4.21 Å². The Hall–Kier alpha value is -0.870. The summed E-state index contributed by atoms with van der Waals surface area (Å²) in [6.07, 6.45) is 2.81. The van der Waals surface area contributed by atoms with Crippen LogP contribution in [-0.4, -0.2) is 35.4 Å². The summed E-state index contributed by atoms with van der Waals surface area (Å²) in [6, 6.07) is 8.24. The minimum absolute atomic E-state index is 0.208. The second-order valence-corrected chi connectivity index (χ2v) is 6.64. The fourth-order valence-corrected chi connectivity index (χ4v) is 2.56. The summed E-state index contributed by atoms with van der Waals surface area (Å²) >= 11 is 0. The van der Waals surface area contributed by atoms with Crippen molar-refractivity contribution in [1.82, 2.24) is 5.32 Å². The Labute approximate surface area is 111 Å². The van der Waals surface area contributed by atoms with E-state index in [1.807, 2.05) is 19.1 Å². The number of rotatable bonds is 5. The molecule has 0 amide bonds. The second kappa shape index (κ2) is 6.34. The molecule has 0 radical (unpaired) electrons. The molecule has 0 saturated heterocycles. The Bertz CT molecular complexity index is 422. The van der Waals surface area contributed by atoms with Crippen molar-refractivity contribution in [2.45, 2.75) is 24.5 Å². The number of ether oxygens (including phenoxy) is 1. The van der Waals surface area contributed by atoms with E-state index in [1.165, 1.54) is 5.56 Å². The monoisotopic (exact) mass is 267 g/mol. The van der Waals surface area contributed by atoms with Gasteiger partial charge in [-0.15, -0.1) is 0 Å². The van der Waals surface area contributed by atoms with Gasteiger partial charge >= 0.3 is 0 Å². The van der Waals surface area contributed by atoms with Gasteiger partial charge in [-0.2, -0.15) is 0 Å². The molecule has 1 aromatic carbocycles. The van der Waals surface area contributed by atoms with Crippen LogP contribution in [0, 0.1) is 0 Å². The summed E-state index contributed by atoms with van der Waals surface area (Å²) < 4.78 is 16.9. The van der Waals surface area contributed by atoms with Crippen LogP contribution in [0.2, 0.25) is 0 Å². The molecule has 1 aliphatic heterocycles. The average Bonchev–Trinajstić information content (AvgIpc) is 2.38. The summed E-state index contributed by atoms with van der Waals surface area (Å²) in [5, 5.41) is 3.64. The van der Waals surface area contributed by atoms with Gasteiger partial charge in [-0.05, 0) is 25.0 Å². The van der Waals surface area contributed by atoms with Crippen molar-refractivity contribution >= 4 is 10.8 Å². The topological polar surface area (TPSA) is 38.3 Å². The van der Waals surface area contributed by atoms with Gasteiger partial charge in [-0.25, -0.2) is 0 Å². The van der Waals surface area contributed by atoms with Gasteiger partial charge < -0.3 is 10.1 Å². The summed E-state index contributed by atoms with van der Waals surface area (Å²) in [7, 11) is -0.749. The highest BCUT2D eigenvalue weighted by molar-refractivity contribution is 7.84. The van der Waals surface area contributed by atoms with Gasteiger partial charge in [0.2, 0.25) is 0 Å². The number of hydrogen-bond acceptors (Lipinski definition) is 3. The van der Waals surface area contributed by atoms with Crippen molar-refractivity contribution in [3.63, 3.8) is 0 Å². The molecule has 0 fully saturated rings. The molecule has 0 saturated carbocycles. The molecule has 1 aromatic rings. The van der Waals surface area contributed by atoms with Crippen LogP contribution in [0.1, 0.15) is 24.8 Å². The molecule has 0 aliphatic carbocycles. The maximum atomic E-state index is 11.3. The number of fused-ring (bicyclic) bond motifs is 1. The van der Waals surface area contributed by atoms with Crippen LogP contribution in [0.3, 0.4) is 0 Å². The third kappa shape index (κ3) is 3.33. The molecule has 0 aromatic heterocycles. The summed E-state index contributed by atoms with van der Waals surface area (Å²) in [4.78, 5) is 0.